The van der Waals surface area contributed by atoms with Gasteiger partial charge in [-0.3, -0.25) is 4.57 Å². The Bertz CT molecular complexity index is 1190. The van der Waals surface area contributed by atoms with Crippen molar-refractivity contribution in [2.24, 2.45) is 7.05 Å². The molecule has 0 bridgehead atoms. The van der Waals surface area contributed by atoms with Gasteiger partial charge in [-0.25, -0.2) is 14.8 Å². The van der Waals surface area contributed by atoms with Crippen LogP contribution in [0.3, 0.4) is 0 Å². The summed E-state index contributed by atoms with van der Waals surface area (Å²) in [7, 11) is 1.80. The van der Waals surface area contributed by atoms with E-state index in [0.717, 1.165) is 0 Å². The van der Waals surface area contributed by atoms with E-state index in [0.29, 0.717) is 28.3 Å². The Morgan fingerprint density at radius 3 is 2.54 bits per heavy atom. The minimum Gasteiger partial charge on any atom is -0.406 e. The maximum atomic E-state index is 12.3. The molecule has 10 heteroatoms. The van der Waals surface area contributed by atoms with Gasteiger partial charge in [0.2, 0.25) is 0 Å². The molecule has 0 unspecified atom stereocenters. The lowest BCUT2D eigenvalue weighted by atomic mass is 10.1. The Kier molecular flexibility index (Phi) is 4.17. The summed E-state index contributed by atoms with van der Waals surface area (Å²) in [5.41, 5.74) is 1.66. The van der Waals surface area contributed by atoms with Crippen LogP contribution in [-0.4, -0.2) is 25.5 Å². The van der Waals surface area contributed by atoms with E-state index in [-0.39, 0.29) is 12.3 Å². The van der Waals surface area contributed by atoms with Gasteiger partial charge in [0, 0.05) is 25.0 Å². The van der Waals surface area contributed by atoms with Crippen molar-refractivity contribution in [2.75, 3.05) is 0 Å². The number of alkyl halides is 3. The van der Waals surface area contributed by atoms with Gasteiger partial charge in [0.05, 0.1) is 12.2 Å². The molecule has 0 radical (unpaired) electrons. The number of halogens is 3. The number of benzene rings is 1. The summed E-state index contributed by atoms with van der Waals surface area (Å²) in [6.45, 7) is 0.171. The number of hydrogen-bond acceptors (Lipinski definition) is 5. The highest BCUT2D eigenvalue weighted by atomic mass is 19.4. The second-order valence-electron chi connectivity index (χ2n) is 6.00. The van der Waals surface area contributed by atoms with Crippen molar-refractivity contribution in [2.45, 2.75) is 12.9 Å². The van der Waals surface area contributed by atoms with E-state index in [1.165, 1.54) is 28.8 Å². The number of hydrogen-bond donors (Lipinski definition) is 0. The van der Waals surface area contributed by atoms with Crippen LogP contribution < -0.4 is 10.5 Å². The second-order valence-corrected chi connectivity index (χ2v) is 6.00. The second kappa shape index (κ2) is 6.55. The number of fused-ring (bicyclic) bond motifs is 1. The highest BCUT2D eigenvalue weighted by molar-refractivity contribution is 5.73. The standard InChI is InChI=1S/C18H13F3N4O3/c1-24-9-8-22-15(24)10-25-16-14(27-17(25)26)7-6-13(23-16)11-2-4-12(5-3-11)28-18(19,20)21/h2-9H,10H2,1H3. The fourth-order valence-corrected chi connectivity index (χ4v) is 2.76. The van der Waals surface area contributed by atoms with Gasteiger partial charge in [0.15, 0.2) is 11.2 Å². The lowest BCUT2D eigenvalue weighted by molar-refractivity contribution is -0.274. The lowest BCUT2D eigenvalue weighted by Gasteiger charge is -2.09. The minimum atomic E-state index is -4.75. The predicted octanol–water partition coefficient (Wildman–Crippen LogP) is 3.34. The average molecular weight is 390 g/mol. The van der Waals surface area contributed by atoms with Crippen molar-refractivity contribution < 1.29 is 22.3 Å². The topological polar surface area (TPSA) is 75.1 Å². The molecule has 0 spiro atoms. The first-order valence-electron chi connectivity index (χ1n) is 8.13. The van der Waals surface area contributed by atoms with Gasteiger partial charge in [-0.15, -0.1) is 13.2 Å². The number of oxazole rings is 1. The van der Waals surface area contributed by atoms with Crippen molar-refractivity contribution in [1.29, 1.82) is 0 Å². The SMILES string of the molecule is Cn1ccnc1Cn1c(=O)oc2ccc(-c3ccc(OC(F)(F)F)cc3)nc21. The monoisotopic (exact) mass is 390 g/mol. The fourth-order valence-electron chi connectivity index (χ4n) is 2.76. The number of pyridine rings is 1. The molecule has 3 heterocycles. The van der Waals surface area contributed by atoms with Crippen LogP contribution in [0.4, 0.5) is 13.2 Å². The van der Waals surface area contributed by atoms with Crippen LogP contribution in [0, 0.1) is 0 Å². The molecule has 0 atom stereocenters. The zero-order valence-corrected chi connectivity index (χ0v) is 14.5. The zero-order valence-electron chi connectivity index (χ0n) is 14.5. The third kappa shape index (κ3) is 3.48. The Hall–Kier alpha value is -3.56. The summed E-state index contributed by atoms with van der Waals surface area (Å²) in [5.74, 6) is -0.255. The Morgan fingerprint density at radius 1 is 1.14 bits per heavy atom. The van der Waals surface area contributed by atoms with E-state index in [2.05, 4.69) is 14.7 Å². The van der Waals surface area contributed by atoms with E-state index >= 15 is 0 Å². The first-order valence-corrected chi connectivity index (χ1v) is 8.13. The maximum absolute atomic E-state index is 12.3. The summed E-state index contributed by atoms with van der Waals surface area (Å²) in [6, 6.07) is 8.52. The number of aryl methyl sites for hydroxylation is 1. The first kappa shape index (κ1) is 17.8. The highest BCUT2D eigenvalue weighted by Gasteiger charge is 2.31. The van der Waals surface area contributed by atoms with Crippen LogP contribution in [0.1, 0.15) is 5.82 Å². The largest absolute Gasteiger partial charge is 0.573 e. The molecule has 0 N–H and O–H groups in total. The molecule has 0 aliphatic carbocycles. The average Bonchev–Trinajstić information content (AvgIpc) is 3.17. The van der Waals surface area contributed by atoms with Gasteiger partial charge in [0.1, 0.15) is 11.6 Å². The van der Waals surface area contributed by atoms with Gasteiger partial charge in [-0.05, 0) is 36.4 Å². The van der Waals surface area contributed by atoms with Crippen LogP contribution in [0.15, 0.2) is 58.0 Å². The van der Waals surface area contributed by atoms with Crippen LogP contribution in [0.25, 0.3) is 22.5 Å². The maximum Gasteiger partial charge on any atom is 0.573 e. The molecule has 3 aromatic heterocycles. The van der Waals surface area contributed by atoms with Crippen molar-refractivity contribution in [3.05, 3.63) is 65.2 Å². The van der Waals surface area contributed by atoms with E-state index in [1.54, 1.807) is 36.1 Å². The van der Waals surface area contributed by atoms with Gasteiger partial charge in [-0.1, -0.05) is 0 Å². The smallest absolute Gasteiger partial charge is 0.406 e. The summed E-state index contributed by atoms with van der Waals surface area (Å²) < 4.78 is 49.1. The van der Waals surface area contributed by atoms with Gasteiger partial charge < -0.3 is 13.7 Å². The molecule has 4 rings (SSSR count). The predicted molar refractivity (Wildman–Crippen MR) is 92.7 cm³/mol. The number of ether oxygens (including phenoxy) is 1. The number of aromatic nitrogens is 4. The van der Waals surface area contributed by atoms with Crippen LogP contribution >= 0.6 is 0 Å². The van der Waals surface area contributed by atoms with E-state index in [1.807, 2.05) is 0 Å². The molecule has 0 fully saturated rings. The van der Waals surface area contributed by atoms with E-state index in [4.69, 9.17) is 4.42 Å². The molecule has 144 valence electrons. The van der Waals surface area contributed by atoms with Crippen molar-refractivity contribution in [3.8, 4) is 17.0 Å². The fraction of sp³-hybridized carbons (Fsp3) is 0.167. The molecule has 1 aromatic carbocycles. The van der Waals surface area contributed by atoms with E-state index < -0.39 is 12.1 Å². The Balaban J connectivity index is 1.70. The molecular formula is C18H13F3N4O3. The van der Waals surface area contributed by atoms with Crippen molar-refractivity contribution in [1.82, 2.24) is 19.1 Å². The Labute approximate surface area is 155 Å². The molecule has 7 nitrogen and oxygen atoms in total. The number of rotatable bonds is 4. The van der Waals surface area contributed by atoms with Crippen LogP contribution in [0.2, 0.25) is 0 Å². The van der Waals surface area contributed by atoms with Crippen molar-refractivity contribution in [3.63, 3.8) is 0 Å². The Morgan fingerprint density at radius 2 is 1.89 bits per heavy atom. The van der Waals surface area contributed by atoms with Gasteiger partial charge >= 0.3 is 12.1 Å². The quantitative estimate of drug-likeness (QED) is 0.534. The molecule has 0 aliphatic rings. The summed E-state index contributed by atoms with van der Waals surface area (Å²) >= 11 is 0. The van der Waals surface area contributed by atoms with Gasteiger partial charge in [0.25, 0.3) is 0 Å². The number of nitrogens with zero attached hydrogens (tertiary/aromatic N) is 4. The number of imidazole rings is 1. The molecule has 0 saturated heterocycles. The summed E-state index contributed by atoms with van der Waals surface area (Å²) in [6.07, 6.45) is -1.38. The molecule has 0 aliphatic heterocycles. The van der Waals surface area contributed by atoms with Crippen LogP contribution in [0.5, 0.6) is 5.75 Å². The minimum absolute atomic E-state index is 0.171. The highest BCUT2D eigenvalue weighted by Crippen LogP contribution is 2.26. The van der Waals surface area contributed by atoms with Gasteiger partial charge in [-0.2, -0.15) is 0 Å². The molecule has 0 saturated carbocycles. The molecule has 0 amide bonds. The molecule has 28 heavy (non-hydrogen) atoms. The lowest BCUT2D eigenvalue weighted by Crippen LogP contribution is -2.17. The van der Waals surface area contributed by atoms with Crippen molar-refractivity contribution >= 4 is 11.2 Å². The summed E-state index contributed by atoms with van der Waals surface area (Å²) in [5, 5.41) is 0. The van der Waals surface area contributed by atoms with Crippen LogP contribution in [-0.2, 0) is 13.6 Å². The third-order valence-electron chi connectivity index (χ3n) is 4.12. The third-order valence-corrected chi connectivity index (χ3v) is 4.12. The first-order chi connectivity index (χ1) is 13.3. The normalized spacial score (nSPS) is 11.9. The molecular weight excluding hydrogens is 377 g/mol. The van der Waals surface area contributed by atoms with E-state index in [9.17, 15) is 18.0 Å². The zero-order chi connectivity index (χ0) is 19.9. The summed E-state index contributed by atoms with van der Waals surface area (Å²) in [4.78, 5) is 20.8. The molecule has 4 aromatic rings.